The van der Waals surface area contributed by atoms with Gasteiger partial charge in [0.05, 0.1) is 12.8 Å². The first-order chi connectivity index (χ1) is 6.24. The van der Waals surface area contributed by atoms with E-state index in [1.54, 1.807) is 6.26 Å². The summed E-state index contributed by atoms with van der Waals surface area (Å²) in [5.41, 5.74) is 1.34. The molecule has 0 aliphatic rings. The lowest BCUT2D eigenvalue weighted by Crippen LogP contribution is -2.12. The van der Waals surface area contributed by atoms with Gasteiger partial charge in [0.1, 0.15) is 5.76 Å². The van der Waals surface area contributed by atoms with E-state index in [1.807, 2.05) is 0 Å². The highest BCUT2D eigenvalue weighted by Crippen LogP contribution is 2.14. The second-order valence-electron chi connectivity index (χ2n) is 3.75. The van der Waals surface area contributed by atoms with Crippen LogP contribution in [-0.2, 0) is 13.0 Å². The Hall–Kier alpha value is -0.760. The summed E-state index contributed by atoms with van der Waals surface area (Å²) in [6.45, 7) is 8.40. The third kappa shape index (κ3) is 3.23. The van der Waals surface area contributed by atoms with Crippen molar-refractivity contribution in [1.29, 1.82) is 0 Å². The molecule has 0 spiro atoms. The maximum Gasteiger partial charge on any atom is 0.120 e. The lowest BCUT2D eigenvalue weighted by atomic mass is 10.0. The molecule has 2 heteroatoms. The van der Waals surface area contributed by atoms with Gasteiger partial charge in [0, 0.05) is 0 Å². The highest BCUT2D eigenvalue weighted by Gasteiger charge is 2.06. The van der Waals surface area contributed by atoms with Gasteiger partial charge in [0.15, 0.2) is 0 Å². The van der Waals surface area contributed by atoms with E-state index in [4.69, 9.17) is 4.42 Å². The summed E-state index contributed by atoms with van der Waals surface area (Å²) in [6, 6.07) is 2.08. The van der Waals surface area contributed by atoms with Crippen molar-refractivity contribution in [3.63, 3.8) is 0 Å². The van der Waals surface area contributed by atoms with Gasteiger partial charge in [-0.25, -0.2) is 0 Å². The number of furan rings is 1. The fourth-order valence-electron chi connectivity index (χ4n) is 1.38. The molecule has 0 saturated heterocycles. The molecule has 0 aliphatic heterocycles. The Morgan fingerprint density at radius 3 is 2.85 bits per heavy atom. The molecule has 1 heterocycles. The lowest BCUT2D eigenvalue weighted by Gasteiger charge is -2.05. The van der Waals surface area contributed by atoms with Gasteiger partial charge in [-0.3, -0.25) is 0 Å². The second-order valence-corrected chi connectivity index (χ2v) is 3.75. The van der Waals surface area contributed by atoms with Crippen molar-refractivity contribution >= 4 is 0 Å². The van der Waals surface area contributed by atoms with Crippen LogP contribution in [-0.4, -0.2) is 6.54 Å². The Kier molecular flexibility index (Phi) is 4.03. The molecule has 1 rings (SSSR count). The summed E-state index contributed by atoms with van der Waals surface area (Å²) in [4.78, 5) is 0. The zero-order chi connectivity index (χ0) is 9.68. The van der Waals surface area contributed by atoms with Crippen LogP contribution in [0.3, 0.4) is 0 Å². The van der Waals surface area contributed by atoms with Gasteiger partial charge in [-0.1, -0.05) is 20.8 Å². The normalized spacial score (nSPS) is 11.1. The van der Waals surface area contributed by atoms with Crippen LogP contribution >= 0.6 is 0 Å². The van der Waals surface area contributed by atoms with E-state index in [9.17, 15) is 0 Å². The van der Waals surface area contributed by atoms with Gasteiger partial charge < -0.3 is 9.73 Å². The predicted octanol–water partition coefficient (Wildman–Crippen LogP) is 2.59. The molecule has 0 aromatic carbocycles. The van der Waals surface area contributed by atoms with Gasteiger partial charge >= 0.3 is 0 Å². The highest BCUT2D eigenvalue weighted by molar-refractivity contribution is 5.17. The first kappa shape index (κ1) is 10.3. The molecule has 0 amide bonds. The predicted molar refractivity (Wildman–Crippen MR) is 54.6 cm³/mol. The van der Waals surface area contributed by atoms with Crippen molar-refractivity contribution in [2.24, 2.45) is 5.92 Å². The Bertz CT molecular complexity index is 240. The second kappa shape index (κ2) is 5.07. The Morgan fingerprint density at radius 2 is 2.23 bits per heavy atom. The Morgan fingerprint density at radius 1 is 1.46 bits per heavy atom. The Balaban J connectivity index is 2.55. The molecule has 0 saturated carbocycles. The van der Waals surface area contributed by atoms with Gasteiger partial charge in [-0.2, -0.15) is 0 Å². The summed E-state index contributed by atoms with van der Waals surface area (Å²) in [5, 5.41) is 3.27. The molecule has 0 atom stereocenters. The van der Waals surface area contributed by atoms with Gasteiger partial charge in [-0.15, -0.1) is 0 Å². The molecule has 74 valence electrons. The average molecular weight is 181 g/mol. The van der Waals surface area contributed by atoms with Crippen molar-refractivity contribution < 1.29 is 4.42 Å². The average Bonchev–Trinajstić information content (AvgIpc) is 2.48. The van der Waals surface area contributed by atoms with Crippen molar-refractivity contribution in [2.75, 3.05) is 6.54 Å². The molecule has 1 aromatic heterocycles. The number of rotatable bonds is 5. The Labute approximate surface area is 80.3 Å². The lowest BCUT2D eigenvalue weighted by molar-refractivity contribution is 0.478. The topological polar surface area (TPSA) is 25.2 Å². The molecule has 2 nitrogen and oxygen atoms in total. The van der Waals surface area contributed by atoms with Crippen LogP contribution in [0.25, 0.3) is 0 Å². The molecule has 1 N–H and O–H groups in total. The standard InChI is InChI=1S/C11H19NO/c1-4-12-8-11-10(5-6-13-11)7-9(2)3/h5-6,9,12H,4,7-8H2,1-3H3. The van der Waals surface area contributed by atoms with Crippen LogP contribution in [0.15, 0.2) is 16.7 Å². The first-order valence-corrected chi connectivity index (χ1v) is 5.00. The zero-order valence-electron chi connectivity index (χ0n) is 8.76. The molecule has 0 aliphatic carbocycles. The number of nitrogens with one attached hydrogen (secondary N) is 1. The van der Waals surface area contributed by atoms with Crippen molar-refractivity contribution in [1.82, 2.24) is 5.32 Å². The summed E-state index contributed by atoms with van der Waals surface area (Å²) < 4.78 is 5.41. The minimum Gasteiger partial charge on any atom is -0.468 e. The number of hydrogen-bond donors (Lipinski definition) is 1. The van der Waals surface area contributed by atoms with E-state index in [0.717, 1.165) is 25.3 Å². The minimum atomic E-state index is 0.693. The van der Waals surface area contributed by atoms with Crippen LogP contribution in [0.4, 0.5) is 0 Å². The van der Waals surface area contributed by atoms with E-state index in [0.29, 0.717) is 5.92 Å². The third-order valence-electron chi connectivity index (χ3n) is 2.00. The van der Waals surface area contributed by atoms with Crippen LogP contribution < -0.4 is 5.32 Å². The monoisotopic (exact) mass is 181 g/mol. The molecular formula is C11H19NO. The van der Waals surface area contributed by atoms with Crippen LogP contribution in [0.1, 0.15) is 32.1 Å². The van der Waals surface area contributed by atoms with Crippen molar-refractivity contribution in [3.8, 4) is 0 Å². The van der Waals surface area contributed by atoms with E-state index in [2.05, 4.69) is 32.2 Å². The highest BCUT2D eigenvalue weighted by atomic mass is 16.3. The SMILES string of the molecule is CCNCc1occc1CC(C)C. The van der Waals surface area contributed by atoms with Gasteiger partial charge in [0.2, 0.25) is 0 Å². The summed E-state index contributed by atoms with van der Waals surface area (Å²) >= 11 is 0. The molecular weight excluding hydrogens is 162 g/mol. The zero-order valence-corrected chi connectivity index (χ0v) is 8.76. The minimum absolute atomic E-state index is 0.693. The fraction of sp³-hybridized carbons (Fsp3) is 0.636. The van der Waals surface area contributed by atoms with E-state index >= 15 is 0 Å². The largest absolute Gasteiger partial charge is 0.468 e. The smallest absolute Gasteiger partial charge is 0.120 e. The quantitative estimate of drug-likeness (QED) is 0.755. The summed E-state index contributed by atoms with van der Waals surface area (Å²) in [7, 11) is 0. The molecule has 0 bridgehead atoms. The maximum absolute atomic E-state index is 5.41. The van der Waals surface area contributed by atoms with Crippen molar-refractivity contribution in [3.05, 3.63) is 23.7 Å². The third-order valence-corrected chi connectivity index (χ3v) is 2.00. The van der Waals surface area contributed by atoms with Crippen LogP contribution in [0.2, 0.25) is 0 Å². The molecule has 13 heavy (non-hydrogen) atoms. The first-order valence-electron chi connectivity index (χ1n) is 5.00. The van der Waals surface area contributed by atoms with Crippen LogP contribution in [0, 0.1) is 5.92 Å². The molecule has 0 fully saturated rings. The molecule has 0 radical (unpaired) electrons. The fourth-order valence-corrected chi connectivity index (χ4v) is 1.38. The van der Waals surface area contributed by atoms with Gasteiger partial charge in [-0.05, 0) is 30.5 Å². The molecule has 1 aromatic rings. The number of hydrogen-bond acceptors (Lipinski definition) is 2. The molecule has 0 unspecified atom stereocenters. The summed E-state index contributed by atoms with van der Waals surface area (Å²) in [6.07, 6.45) is 2.89. The van der Waals surface area contributed by atoms with Crippen molar-refractivity contribution in [2.45, 2.75) is 33.7 Å². The van der Waals surface area contributed by atoms with E-state index in [-0.39, 0.29) is 0 Å². The van der Waals surface area contributed by atoms with E-state index < -0.39 is 0 Å². The van der Waals surface area contributed by atoms with E-state index in [1.165, 1.54) is 5.56 Å². The van der Waals surface area contributed by atoms with Gasteiger partial charge in [0.25, 0.3) is 0 Å². The summed E-state index contributed by atoms with van der Waals surface area (Å²) in [5.74, 6) is 1.79. The maximum atomic E-state index is 5.41. The van der Waals surface area contributed by atoms with Crippen LogP contribution in [0.5, 0.6) is 0 Å².